The summed E-state index contributed by atoms with van der Waals surface area (Å²) in [5.41, 5.74) is 6.39. The van der Waals surface area contributed by atoms with E-state index in [2.05, 4.69) is 10.2 Å². The van der Waals surface area contributed by atoms with E-state index in [1.807, 2.05) is 4.90 Å². The Kier molecular flexibility index (Phi) is 8.40. The summed E-state index contributed by atoms with van der Waals surface area (Å²) in [4.78, 5) is 29.1. The Balaban J connectivity index is 1.45. The van der Waals surface area contributed by atoms with Crippen LogP contribution in [-0.2, 0) is 4.79 Å². The molecule has 0 aliphatic carbocycles. The fraction of sp³-hybridized carbons (Fsp3) is 0.636. The molecule has 2 amide bonds. The van der Waals surface area contributed by atoms with Gasteiger partial charge in [-0.15, -0.1) is 0 Å². The van der Waals surface area contributed by atoms with Crippen LogP contribution in [0.25, 0.3) is 0 Å². The van der Waals surface area contributed by atoms with Crippen molar-refractivity contribution in [3.8, 4) is 5.75 Å². The molecule has 0 radical (unpaired) electrons. The van der Waals surface area contributed by atoms with Crippen molar-refractivity contribution in [1.29, 1.82) is 0 Å². The van der Waals surface area contributed by atoms with E-state index in [0.717, 1.165) is 45.4 Å². The van der Waals surface area contributed by atoms with Crippen LogP contribution in [0, 0.1) is 0 Å². The lowest BCUT2D eigenvalue weighted by Gasteiger charge is -2.36. The smallest absolute Gasteiger partial charge is 0.255 e. The minimum Gasteiger partial charge on any atom is -0.496 e. The van der Waals surface area contributed by atoms with E-state index in [1.165, 1.54) is 25.7 Å². The number of likely N-dealkylation sites (tertiary alicyclic amines) is 2. The van der Waals surface area contributed by atoms with Crippen molar-refractivity contribution in [2.24, 2.45) is 0 Å². The zero-order chi connectivity index (χ0) is 22.4. The second-order valence-electron chi connectivity index (χ2n) is 8.36. The number of β-amino-alcohol motifs (C(OH)–C–C–N with tert-alkyl or cyclic N) is 1. The van der Waals surface area contributed by atoms with Gasteiger partial charge in [0, 0.05) is 38.7 Å². The molecule has 8 nitrogen and oxygen atoms in total. The molecule has 172 valence electrons. The molecule has 3 rings (SSSR count). The lowest BCUT2D eigenvalue weighted by Crippen LogP contribution is -2.54. The lowest BCUT2D eigenvalue weighted by molar-refractivity contribution is -0.132. The van der Waals surface area contributed by atoms with Crippen molar-refractivity contribution in [3.63, 3.8) is 0 Å². The van der Waals surface area contributed by atoms with Crippen LogP contribution < -0.4 is 15.8 Å². The second-order valence-corrected chi connectivity index (χ2v) is 8.76. The van der Waals surface area contributed by atoms with Crippen LogP contribution in [0.3, 0.4) is 0 Å². The van der Waals surface area contributed by atoms with Gasteiger partial charge >= 0.3 is 0 Å². The molecule has 0 aromatic heterocycles. The predicted molar refractivity (Wildman–Crippen MR) is 120 cm³/mol. The van der Waals surface area contributed by atoms with Crippen LogP contribution in [0.5, 0.6) is 5.75 Å². The van der Waals surface area contributed by atoms with E-state index >= 15 is 0 Å². The van der Waals surface area contributed by atoms with Crippen LogP contribution in [-0.4, -0.2) is 78.7 Å². The number of nitrogen functional groups attached to an aromatic ring is 1. The van der Waals surface area contributed by atoms with Gasteiger partial charge in [0.15, 0.2) is 0 Å². The summed E-state index contributed by atoms with van der Waals surface area (Å²) in [5, 5.41) is 13.7. The first-order chi connectivity index (χ1) is 14.9. The number of methoxy groups -OCH3 is 1. The standard InChI is InChI=1S/C22H33ClN4O4/c1-31-20-13-17(24)16(23)12-15(20)22(30)25-18-7-11-26(14-19(18)28)8-5-6-21(29)27-9-3-2-4-10-27/h12-13,18-19,28H,2-11,14,24H2,1H3,(H,25,30)/t18-,19+/m0/s1. The molecule has 2 fully saturated rings. The first-order valence-electron chi connectivity index (χ1n) is 11.0. The summed E-state index contributed by atoms with van der Waals surface area (Å²) >= 11 is 6.05. The van der Waals surface area contributed by atoms with Crippen LogP contribution in [0.2, 0.25) is 5.02 Å². The molecule has 1 aromatic rings. The maximum Gasteiger partial charge on any atom is 0.255 e. The first-order valence-corrected chi connectivity index (χ1v) is 11.4. The number of anilines is 1. The minimum atomic E-state index is -0.689. The number of hydrogen-bond acceptors (Lipinski definition) is 6. The molecule has 2 heterocycles. The largest absolute Gasteiger partial charge is 0.496 e. The van der Waals surface area contributed by atoms with E-state index in [0.29, 0.717) is 30.8 Å². The van der Waals surface area contributed by atoms with Crippen LogP contribution in [0.1, 0.15) is 48.9 Å². The number of halogens is 1. The van der Waals surface area contributed by atoms with Gasteiger partial charge in [0.2, 0.25) is 5.91 Å². The average Bonchev–Trinajstić information content (AvgIpc) is 2.77. The zero-order valence-corrected chi connectivity index (χ0v) is 18.9. The molecule has 2 aliphatic rings. The molecule has 0 unspecified atom stereocenters. The highest BCUT2D eigenvalue weighted by molar-refractivity contribution is 6.33. The number of amides is 2. The van der Waals surface area contributed by atoms with E-state index in [-0.39, 0.29) is 28.4 Å². The molecular formula is C22H33ClN4O4. The number of aliphatic hydroxyl groups excluding tert-OH is 1. The minimum absolute atomic E-state index is 0.235. The van der Waals surface area contributed by atoms with Crippen molar-refractivity contribution < 1.29 is 19.4 Å². The summed E-state index contributed by atoms with van der Waals surface area (Å²) in [6.45, 7) is 3.74. The predicted octanol–water partition coefficient (Wildman–Crippen LogP) is 1.89. The Morgan fingerprint density at radius 2 is 2.00 bits per heavy atom. The molecule has 31 heavy (non-hydrogen) atoms. The number of nitrogens with two attached hydrogens (primary N) is 1. The number of aliphatic hydroxyl groups is 1. The quantitative estimate of drug-likeness (QED) is 0.545. The number of nitrogens with zero attached hydrogens (tertiary/aromatic N) is 2. The Hall–Kier alpha value is -2.03. The third kappa shape index (κ3) is 6.24. The summed E-state index contributed by atoms with van der Waals surface area (Å²) < 4.78 is 5.24. The summed E-state index contributed by atoms with van der Waals surface area (Å²) in [5.74, 6) is 0.214. The van der Waals surface area contributed by atoms with Crippen LogP contribution >= 0.6 is 11.6 Å². The van der Waals surface area contributed by atoms with Crippen LogP contribution in [0.15, 0.2) is 12.1 Å². The van der Waals surface area contributed by atoms with Gasteiger partial charge in [-0.1, -0.05) is 11.6 Å². The molecule has 2 saturated heterocycles. The molecule has 0 bridgehead atoms. The van der Waals surface area contributed by atoms with Crippen molar-refractivity contribution in [2.45, 2.75) is 50.7 Å². The second kappa shape index (κ2) is 11.0. The molecule has 1 aromatic carbocycles. The van der Waals surface area contributed by atoms with Gasteiger partial charge in [0.05, 0.1) is 35.5 Å². The Labute approximate surface area is 188 Å². The number of rotatable bonds is 7. The topological polar surface area (TPSA) is 108 Å². The van der Waals surface area contributed by atoms with Gasteiger partial charge in [-0.2, -0.15) is 0 Å². The van der Waals surface area contributed by atoms with Crippen LogP contribution in [0.4, 0.5) is 5.69 Å². The summed E-state index contributed by atoms with van der Waals surface area (Å²) in [6.07, 6.45) is 4.68. The zero-order valence-electron chi connectivity index (χ0n) is 18.1. The van der Waals surface area contributed by atoms with Crippen molar-refractivity contribution in [2.75, 3.05) is 45.6 Å². The molecule has 0 spiro atoms. The SMILES string of the molecule is COc1cc(N)c(Cl)cc1C(=O)N[C@H]1CCN(CCCC(=O)N2CCCCC2)C[C@H]1O. The lowest BCUT2D eigenvalue weighted by atomic mass is 10.0. The maximum absolute atomic E-state index is 12.7. The van der Waals surface area contributed by atoms with E-state index in [4.69, 9.17) is 22.1 Å². The molecule has 0 saturated carbocycles. The molecule has 2 aliphatic heterocycles. The Morgan fingerprint density at radius 3 is 2.68 bits per heavy atom. The highest BCUT2D eigenvalue weighted by Crippen LogP contribution is 2.29. The van der Waals surface area contributed by atoms with Gasteiger partial charge in [-0.25, -0.2) is 0 Å². The molecular weight excluding hydrogens is 420 g/mol. The first kappa shape index (κ1) is 23.6. The normalized spacial score (nSPS) is 22.2. The Morgan fingerprint density at radius 1 is 1.26 bits per heavy atom. The van der Waals surface area contributed by atoms with Gasteiger partial charge < -0.3 is 30.7 Å². The number of nitrogens with one attached hydrogen (secondary N) is 1. The highest BCUT2D eigenvalue weighted by atomic mass is 35.5. The third-order valence-corrected chi connectivity index (χ3v) is 6.45. The van der Waals surface area contributed by atoms with Gasteiger partial charge in [0.25, 0.3) is 5.91 Å². The van der Waals surface area contributed by atoms with Gasteiger partial charge in [-0.05, 0) is 44.7 Å². The van der Waals surface area contributed by atoms with Crippen molar-refractivity contribution in [1.82, 2.24) is 15.1 Å². The summed E-state index contributed by atoms with van der Waals surface area (Å²) in [7, 11) is 1.46. The van der Waals surface area contributed by atoms with Crippen molar-refractivity contribution >= 4 is 29.1 Å². The number of carbonyl (C=O) groups is 2. The molecule has 9 heteroatoms. The fourth-order valence-electron chi connectivity index (χ4n) is 4.29. The molecule has 4 N–H and O–H groups in total. The van der Waals surface area contributed by atoms with E-state index in [9.17, 15) is 14.7 Å². The van der Waals surface area contributed by atoms with Gasteiger partial charge in [-0.3, -0.25) is 9.59 Å². The maximum atomic E-state index is 12.7. The number of piperidine rings is 2. The van der Waals surface area contributed by atoms with Crippen molar-refractivity contribution in [3.05, 3.63) is 22.7 Å². The average molecular weight is 453 g/mol. The number of benzene rings is 1. The van der Waals surface area contributed by atoms with E-state index in [1.54, 1.807) is 0 Å². The molecule has 2 atom stereocenters. The fourth-order valence-corrected chi connectivity index (χ4v) is 4.45. The third-order valence-electron chi connectivity index (χ3n) is 6.12. The highest BCUT2D eigenvalue weighted by Gasteiger charge is 2.30. The monoisotopic (exact) mass is 452 g/mol. The van der Waals surface area contributed by atoms with E-state index < -0.39 is 6.10 Å². The number of ether oxygens (including phenoxy) is 1. The van der Waals surface area contributed by atoms with Gasteiger partial charge in [0.1, 0.15) is 5.75 Å². The summed E-state index contributed by atoms with van der Waals surface area (Å²) in [6, 6.07) is 2.63. The Bertz CT molecular complexity index is 785. The number of carbonyl (C=O) groups excluding carboxylic acids is 2. The number of hydrogen-bond donors (Lipinski definition) is 3.